The Morgan fingerprint density at radius 3 is 2.46 bits per heavy atom. The molecule has 1 saturated carbocycles. The highest BCUT2D eigenvalue weighted by molar-refractivity contribution is 9.10. The molecule has 0 radical (unpaired) electrons. The van der Waals surface area contributed by atoms with E-state index in [1.807, 2.05) is 36.4 Å². The van der Waals surface area contributed by atoms with Crippen LogP contribution in [0.25, 0.3) is 0 Å². The first-order valence-corrected chi connectivity index (χ1v) is 9.30. The first-order chi connectivity index (χ1) is 11.7. The minimum Gasteiger partial charge on any atom is -0.367 e. The van der Waals surface area contributed by atoms with Crippen LogP contribution < -0.4 is 10.6 Å². The molecule has 1 fully saturated rings. The van der Waals surface area contributed by atoms with Crippen molar-refractivity contribution in [2.24, 2.45) is 0 Å². The Morgan fingerprint density at radius 1 is 1.04 bits per heavy atom. The average Bonchev–Trinajstić information content (AvgIpc) is 2.86. The number of carbonyl (C=O) groups excluding carboxylic acids is 1. The largest absolute Gasteiger partial charge is 0.367 e. The Balaban J connectivity index is 1.61. The molecule has 0 atom stereocenters. The van der Waals surface area contributed by atoms with E-state index in [1.54, 1.807) is 6.20 Å². The molecular weight excluding hydrogens is 366 g/mol. The SMILES string of the molecule is O=C(Nc1ccccc1Br)c1ccc(NC2CCCCCC2)nc1. The number of hydrogen-bond donors (Lipinski definition) is 2. The van der Waals surface area contributed by atoms with E-state index >= 15 is 0 Å². The maximum atomic E-state index is 12.3. The van der Waals surface area contributed by atoms with E-state index in [1.165, 1.54) is 38.5 Å². The van der Waals surface area contributed by atoms with Crippen LogP contribution in [0.1, 0.15) is 48.9 Å². The van der Waals surface area contributed by atoms with Crippen molar-refractivity contribution in [2.75, 3.05) is 10.6 Å². The van der Waals surface area contributed by atoms with Gasteiger partial charge < -0.3 is 10.6 Å². The molecular formula is C19H22BrN3O. The zero-order valence-electron chi connectivity index (χ0n) is 13.6. The van der Waals surface area contributed by atoms with E-state index in [0.29, 0.717) is 11.6 Å². The second-order valence-electron chi connectivity index (χ2n) is 6.20. The molecule has 0 aliphatic heterocycles. The van der Waals surface area contributed by atoms with Crippen molar-refractivity contribution in [3.63, 3.8) is 0 Å². The molecule has 126 valence electrons. The van der Waals surface area contributed by atoms with Gasteiger partial charge in [0.25, 0.3) is 5.91 Å². The van der Waals surface area contributed by atoms with Gasteiger partial charge in [-0.1, -0.05) is 37.8 Å². The first-order valence-electron chi connectivity index (χ1n) is 8.51. The van der Waals surface area contributed by atoms with E-state index < -0.39 is 0 Å². The van der Waals surface area contributed by atoms with Crippen LogP contribution >= 0.6 is 15.9 Å². The van der Waals surface area contributed by atoms with Crippen LogP contribution in [0.15, 0.2) is 47.1 Å². The Bertz CT molecular complexity index is 679. The van der Waals surface area contributed by atoms with Gasteiger partial charge in [-0.15, -0.1) is 0 Å². The van der Waals surface area contributed by atoms with Gasteiger partial charge in [0.1, 0.15) is 5.82 Å². The number of rotatable bonds is 4. The fraction of sp³-hybridized carbons (Fsp3) is 0.368. The number of hydrogen-bond acceptors (Lipinski definition) is 3. The molecule has 3 rings (SSSR count). The lowest BCUT2D eigenvalue weighted by atomic mass is 10.1. The van der Waals surface area contributed by atoms with Gasteiger partial charge in [0, 0.05) is 16.7 Å². The predicted octanol–water partition coefficient (Wildman–Crippen LogP) is 5.23. The molecule has 24 heavy (non-hydrogen) atoms. The van der Waals surface area contributed by atoms with Crippen molar-refractivity contribution in [2.45, 2.75) is 44.6 Å². The number of nitrogens with one attached hydrogen (secondary N) is 2. The second-order valence-corrected chi connectivity index (χ2v) is 7.05. The lowest BCUT2D eigenvalue weighted by Gasteiger charge is -2.16. The summed E-state index contributed by atoms with van der Waals surface area (Å²) in [5, 5.41) is 6.38. The van der Waals surface area contributed by atoms with Crippen LogP contribution in [0, 0.1) is 0 Å². The van der Waals surface area contributed by atoms with E-state index in [-0.39, 0.29) is 5.91 Å². The van der Waals surface area contributed by atoms with Crippen molar-refractivity contribution in [1.29, 1.82) is 0 Å². The Morgan fingerprint density at radius 2 is 1.79 bits per heavy atom. The lowest BCUT2D eigenvalue weighted by Crippen LogP contribution is -2.19. The highest BCUT2D eigenvalue weighted by atomic mass is 79.9. The monoisotopic (exact) mass is 387 g/mol. The number of carbonyl (C=O) groups is 1. The number of pyridine rings is 1. The van der Waals surface area contributed by atoms with Gasteiger partial charge in [-0.25, -0.2) is 4.98 Å². The Labute approximate surface area is 151 Å². The summed E-state index contributed by atoms with van der Waals surface area (Å²) in [6.45, 7) is 0. The van der Waals surface area contributed by atoms with E-state index in [9.17, 15) is 4.79 Å². The van der Waals surface area contributed by atoms with Crippen LogP contribution in [-0.4, -0.2) is 16.9 Å². The molecule has 4 nitrogen and oxygen atoms in total. The summed E-state index contributed by atoms with van der Waals surface area (Å²) < 4.78 is 0.859. The summed E-state index contributed by atoms with van der Waals surface area (Å²) in [7, 11) is 0. The van der Waals surface area contributed by atoms with Crippen molar-refractivity contribution in [3.8, 4) is 0 Å². The highest BCUT2D eigenvalue weighted by Crippen LogP contribution is 2.23. The van der Waals surface area contributed by atoms with Gasteiger partial charge in [0.2, 0.25) is 0 Å². The summed E-state index contributed by atoms with van der Waals surface area (Å²) in [5.41, 5.74) is 1.31. The number of nitrogens with zero attached hydrogens (tertiary/aromatic N) is 1. The van der Waals surface area contributed by atoms with Crippen molar-refractivity contribution in [1.82, 2.24) is 4.98 Å². The van der Waals surface area contributed by atoms with Crippen molar-refractivity contribution < 1.29 is 4.79 Å². The van der Waals surface area contributed by atoms with Crippen LogP contribution in [0.4, 0.5) is 11.5 Å². The number of amides is 1. The first kappa shape index (κ1) is 17.0. The third-order valence-electron chi connectivity index (χ3n) is 4.35. The summed E-state index contributed by atoms with van der Waals surface area (Å²) in [4.78, 5) is 16.7. The molecule has 0 bridgehead atoms. The van der Waals surface area contributed by atoms with Crippen molar-refractivity contribution in [3.05, 3.63) is 52.6 Å². The van der Waals surface area contributed by atoms with Crippen LogP contribution in [-0.2, 0) is 0 Å². The third kappa shape index (κ3) is 4.57. The molecule has 2 aromatic rings. The van der Waals surface area contributed by atoms with Gasteiger partial charge >= 0.3 is 0 Å². The molecule has 2 N–H and O–H groups in total. The molecule has 1 aliphatic carbocycles. The molecule has 1 aliphatic rings. The topological polar surface area (TPSA) is 54.0 Å². The van der Waals surface area contributed by atoms with E-state index in [0.717, 1.165) is 16.0 Å². The Hall–Kier alpha value is -1.88. The molecule has 0 spiro atoms. The highest BCUT2D eigenvalue weighted by Gasteiger charge is 2.13. The molecule has 0 unspecified atom stereocenters. The summed E-state index contributed by atoms with van der Waals surface area (Å²) in [6, 6.07) is 11.8. The smallest absolute Gasteiger partial charge is 0.257 e. The molecule has 1 aromatic carbocycles. The van der Waals surface area contributed by atoms with Crippen LogP contribution in [0.5, 0.6) is 0 Å². The maximum Gasteiger partial charge on any atom is 0.257 e. The van der Waals surface area contributed by atoms with Crippen molar-refractivity contribution >= 4 is 33.3 Å². The zero-order chi connectivity index (χ0) is 16.8. The lowest BCUT2D eigenvalue weighted by molar-refractivity contribution is 0.102. The number of halogens is 1. The number of benzene rings is 1. The number of aromatic nitrogens is 1. The number of para-hydroxylation sites is 1. The van der Waals surface area contributed by atoms with Crippen LogP contribution in [0.3, 0.4) is 0 Å². The molecule has 1 amide bonds. The number of anilines is 2. The minimum absolute atomic E-state index is 0.157. The normalized spacial score (nSPS) is 15.5. The van der Waals surface area contributed by atoms with Gasteiger partial charge in [-0.3, -0.25) is 4.79 Å². The fourth-order valence-corrected chi connectivity index (χ4v) is 3.39. The van der Waals surface area contributed by atoms with Gasteiger partial charge in [0.05, 0.1) is 11.3 Å². The third-order valence-corrected chi connectivity index (χ3v) is 5.05. The van der Waals surface area contributed by atoms with Gasteiger partial charge in [0.15, 0.2) is 0 Å². The molecule has 1 aromatic heterocycles. The minimum atomic E-state index is -0.157. The second kappa shape index (κ2) is 8.29. The molecule has 1 heterocycles. The van der Waals surface area contributed by atoms with Gasteiger partial charge in [-0.2, -0.15) is 0 Å². The van der Waals surface area contributed by atoms with Gasteiger partial charge in [-0.05, 0) is 53.0 Å². The summed E-state index contributed by atoms with van der Waals surface area (Å²) in [6.07, 6.45) is 9.26. The zero-order valence-corrected chi connectivity index (χ0v) is 15.2. The van der Waals surface area contributed by atoms with Crippen LogP contribution in [0.2, 0.25) is 0 Å². The van der Waals surface area contributed by atoms with E-state index in [4.69, 9.17) is 0 Å². The quantitative estimate of drug-likeness (QED) is 0.705. The molecule has 5 heteroatoms. The fourth-order valence-electron chi connectivity index (χ4n) is 3.00. The maximum absolute atomic E-state index is 12.3. The predicted molar refractivity (Wildman–Crippen MR) is 101 cm³/mol. The molecule has 0 saturated heterocycles. The average molecular weight is 388 g/mol. The standard InChI is InChI=1S/C19H22BrN3O/c20-16-9-5-6-10-17(16)23-19(24)14-11-12-18(21-13-14)22-15-7-3-1-2-4-8-15/h5-6,9-13,15H,1-4,7-8H2,(H,21,22)(H,23,24). The summed E-state index contributed by atoms with van der Waals surface area (Å²) in [5.74, 6) is 0.690. The Kier molecular flexibility index (Phi) is 5.86. The van der Waals surface area contributed by atoms with E-state index in [2.05, 4.69) is 31.5 Å². The summed E-state index contributed by atoms with van der Waals surface area (Å²) >= 11 is 3.43.